The molecule has 0 aromatic heterocycles. The first-order chi connectivity index (χ1) is 7.22. The molecule has 0 saturated carbocycles. The molecule has 3 nitrogen and oxygen atoms in total. The number of hydrogen-bond acceptors (Lipinski definition) is 2. The molecule has 3 heteroatoms. The lowest BCUT2D eigenvalue weighted by molar-refractivity contribution is -0.118. The van der Waals surface area contributed by atoms with Crippen LogP contribution in [0.2, 0.25) is 0 Å². The molecule has 0 bridgehead atoms. The minimum Gasteiger partial charge on any atom is -0.497 e. The number of benzene rings is 1. The standard InChI is InChI=1S/C12H15NO2/c1-10(14)13-8-4-6-11-5-3-7-12(9-11)15-2/h3-7,9H,8H2,1-2H3,(H,13,14)/b6-4-. The van der Waals surface area contributed by atoms with E-state index < -0.39 is 0 Å². The zero-order valence-electron chi connectivity index (χ0n) is 8.99. The molecule has 1 rings (SSSR count). The Bertz CT molecular complexity index is 358. The summed E-state index contributed by atoms with van der Waals surface area (Å²) in [6, 6.07) is 7.74. The van der Waals surface area contributed by atoms with Gasteiger partial charge in [0.15, 0.2) is 0 Å². The van der Waals surface area contributed by atoms with Gasteiger partial charge in [0.2, 0.25) is 5.91 Å². The number of carbonyl (C=O) groups excluding carboxylic acids is 1. The van der Waals surface area contributed by atoms with Gasteiger partial charge in [-0.25, -0.2) is 0 Å². The van der Waals surface area contributed by atoms with Crippen LogP contribution in [-0.4, -0.2) is 19.6 Å². The predicted molar refractivity (Wildman–Crippen MR) is 60.7 cm³/mol. The largest absolute Gasteiger partial charge is 0.497 e. The highest BCUT2D eigenvalue weighted by Crippen LogP contribution is 2.13. The van der Waals surface area contributed by atoms with Gasteiger partial charge < -0.3 is 10.1 Å². The Balaban J connectivity index is 2.52. The molecule has 0 saturated heterocycles. The van der Waals surface area contributed by atoms with Crippen LogP contribution in [-0.2, 0) is 4.79 Å². The molecule has 1 aromatic carbocycles. The van der Waals surface area contributed by atoms with Crippen molar-refractivity contribution in [2.75, 3.05) is 13.7 Å². The molecule has 0 unspecified atom stereocenters. The summed E-state index contributed by atoms with van der Waals surface area (Å²) in [6.07, 6.45) is 3.84. The molecule has 0 aliphatic rings. The third-order valence-corrected chi connectivity index (χ3v) is 1.87. The third-order valence-electron chi connectivity index (χ3n) is 1.87. The zero-order chi connectivity index (χ0) is 11.1. The van der Waals surface area contributed by atoms with Crippen LogP contribution in [0.15, 0.2) is 30.3 Å². The molecule has 15 heavy (non-hydrogen) atoms. The Morgan fingerprint density at radius 1 is 1.53 bits per heavy atom. The van der Waals surface area contributed by atoms with Gasteiger partial charge in [-0.1, -0.05) is 24.3 Å². The zero-order valence-corrected chi connectivity index (χ0v) is 8.99. The van der Waals surface area contributed by atoms with E-state index in [0.29, 0.717) is 6.54 Å². The van der Waals surface area contributed by atoms with E-state index in [1.807, 2.05) is 36.4 Å². The van der Waals surface area contributed by atoms with Crippen LogP contribution < -0.4 is 10.1 Å². The van der Waals surface area contributed by atoms with Gasteiger partial charge in [0.25, 0.3) is 0 Å². The van der Waals surface area contributed by atoms with E-state index in [0.717, 1.165) is 11.3 Å². The van der Waals surface area contributed by atoms with E-state index in [2.05, 4.69) is 5.32 Å². The van der Waals surface area contributed by atoms with Crippen LogP contribution in [0.25, 0.3) is 6.08 Å². The van der Waals surface area contributed by atoms with E-state index in [-0.39, 0.29) is 5.91 Å². The average Bonchev–Trinajstić information content (AvgIpc) is 2.24. The molecule has 0 fully saturated rings. The number of methoxy groups -OCH3 is 1. The van der Waals surface area contributed by atoms with Crippen molar-refractivity contribution in [3.8, 4) is 5.75 Å². The fourth-order valence-electron chi connectivity index (χ4n) is 1.14. The molecular weight excluding hydrogens is 190 g/mol. The highest BCUT2D eigenvalue weighted by molar-refractivity contribution is 5.73. The Morgan fingerprint density at radius 2 is 2.33 bits per heavy atom. The second kappa shape index (κ2) is 5.86. The topological polar surface area (TPSA) is 38.3 Å². The Morgan fingerprint density at radius 3 is 3.00 bits per heavy atom. The lowest BCUT2D eigenvalue weighted by Gasteiger charge is -2.00. The molecule has 1 aromatic rings. The lowest BCUT2D eigenvalue weighted by Crippen LogP contribution is -2.19. The molecular formula is C12H15NO2. The highest BCUT2D eigenvalue weighted by Gasteiger charge is 1.91. The molecule has 0 aliphatic heterocycles. The maximum atomic E-state index is 10.6. The van der Waals surface area contributed by atoms with Crippen molar-refractivity contribution in [3.63, 3.8) is 0 Å². The summed E-state index contributed by atoms with van der Waals surface area (Å²) < 4.78 is 5.10. The van der Waals surface area contributed by atoms with Crippen molar-refractivity contribution in [3.05, 3.63) is 35.9 Å². The van der Waals surface area contributed by atoms with Gasteiger partial charge in [-0.3, -0.25) is 4.79 Å². The monoisotopic (exact) mass is 205 g/mol. The van der Waals surface area contributed by atoms with Crippen LogP contribution in [0.5, 0.6) is 5.75 Å². The van der Waals surface area contributed by atoms with Gasteiger partial charge in [0.1, 0.15) is 5.75 Å². The van der Waals surface area contributed by atoms with Crippen molar-refractivity contribution >= 4 is 12.0 Å². The molecule has 1 amide bonds. The van der Waals surface area contributed by atoms with E-state index >= 15 is 0 Å². The van der Waals surface area contributed by atoms with Gasteiger partial charge in [-0.05, 0) is 17.7 Å². The number of amides is 1. The van der Waals surface area contributed by atoms with Crippen molar-refractivity contribution in [2.24, 2.45) is 0 Å². The molecule has 0 radical (unpaired) electrons. The first-order valence-corrected chi connectivity index (χ1v) is 4.77. The van der Waals surface area contributed by atoms with Gasteiger partial charge in [0, 0.05) is 13.5 Å². The lowest BCUT2D eigenvalue weighted by atomic mass is 10.2. The molecule has 0 spiro atoms. The summed E-state index contributed by atoms with van der Waals surface area (Å²) in [4.78, 5) is 10.6. The first-order valence-electron chi connectivity index (χ1n) is 4.77. The number of nitrogens with one attached hydrogen (secondary N) is 1. The highest BCUT2D eigenvalue weighted by atomic mass is 16.5. The van der Waals surface area contributed by atoms with Gasteiger partial charge in [0.05, 0.1) is 7.11 Å². The Labute approximate surface area is 89.8 Å². The van der Waals surface area contributed by atoms with Gasteiger partial charge >= 0.3 is 0 Å². The molecule has 0 atom stereocenters. The van der Waals surface area contributed by atoms with Gasteiger partial charge in [-0.2, -0.15) is 0 Å². The van der Waals surface area contributed by atoms with Crippen LogP contribution in [0.1, 0.15) is 12.5 Å². The molecule has 0 heterocycles. The fourth-order valence-corrected chi connectivity index (χ4v) is 1.14. The van der Waals surface area contributed by atoms with Crippen molar-refractivity contribution in [1.82, 2.24) is 5.32 Å². The van der Waals surface area contributed by atoms with Crippen molar-refractivity contribution in [1.29, 1.82) is 0 Å². The van der Waals surface area contributed by atoms with Crippen molar-refractivity contribution in [2.45, 2.75) is 6.92 Å². The first kappa shape index (κ1) is 11.3. The van der Waals surface area contributed by atoms with Gasteiger partial charge in [-0.15, -0.1) is 0 Å². The SMILES string of the molecule is COc1cccc(/C=C\CNC(C)=O)c1. The summed E-state index contributed by atoms with van der Waals surface area (Å²) in [5, 5.41) is 2.69. The van der Waals surface area contributed by atoms with Crippen LogP contribution in [0.4, 0.5) is 0 Å². The molecule has 0 aliphatic carbocycles. The summed E-state index contributed by atoms with van der Waals surface area (Å²) in [6.45, 7) is 2.05. The third kappa shape index (κ3) is 4.31. The van der Waals surface area contributed by atoms with Crippen LogP contribution in [0.3, 0.4) is 0 Å². The quantitative estimate of drug-likeness (QED) is 0.814. The second-order valence-electron chi connectivity index (χ2n) is 3.12. The van der Waals surface area contributed by atoms with E-state index in [1.54, 1.807) is 7.11 Å². The second-order valence-corrected chi connectivity index (χ2v) is 3.12. The average molecular weight is 205 g/mol. The van der Waals surface area contributed by atoms with E-state index in [1.165, 1.54) is 6.92 Å². The minimum atomic E-state index is -0.0229. The maximum absolute atomic E-state index is 10.6. The Kier molecular flexibility index (Phi) is 4.41. The van der Waals surface area contributed by atoms with Crippen LogP contribution >= 0.6 is 0 Å². The maximum Gasteiger partial charge on any atom is 0.217 e. The van der Waals surface area contributed by atoms with E-state index in [9.17, 15) is 4.79 Å². The Hall–Kier alpha value is -1.77. The smallest absolute Gasteiger partial charge is 0.217 e. The predicted octanol–water partition coefficient (Wildman–Crippen LogP) is 1.84. The number of ether oxygens (including phenoxy) is 1. The summed E-state index contributed by atoms with van der Waals surface area (Å²) in [7, 11) is 1.64. The number of carbonyl (C=O) groups is 1. The summed E-state index contributed by atoms with van der Waals surface area (Å²) in [5.41, 5.74) is 1.06. The number of hydrogen-bond donors (Lipinski definition) is 1. The molecule has 80 valence electrons. The minimum absolute atomic E-state index is 0.0229. The summed E-state index contributed by atoms with van der Waals surface area (Å²) >= 11 is 0. The van der Waals surface area contributed by atoms with Crippen LogP contribution in [0, 0.1) is 0 Å². The van der Waals surface area contributed by atoms with Crippen molar-refractivity contribution < 1.29 is 9.53 Å². The summed E-state index contributed by atoms with van der Waals surface area (Å²) in [5.74, 6) is 0.807. The van der Waals surface area contributed by atoms with E-state index in [4.69, 9.17) is 4.74 Å². The normalized spacial score (nSPS) is 10.3. The fraction of sp³-hybridized carbons (Fsp3) is 0.250. The number of rotatable bonds is 4. The molecule has 1 N–H and O–H groups in total.